The largest absolute Gasteiger partial charge is 0.465 e. The van der Waals surface area contributed by atoms with E-state index in [1.165, 1.54) is 19.3 Å². The van der Waals surface area contributed by atoms with Gasteiger partial charge in [-0.3, -0.25) is 4.79 Å². The van der Waals surface area contributed by atoms with Gasteiger partial charge in [-0.1, -0.05) is 0 Å². The van der Waals surface area contributed by atoms with Crippen LogP contribution in [0.1, 0.15) is 44.9 Å². The Kier molecular flexibility index (Phi) is 3.06. The van der Waals surface area contributed by atoms with Gasteiger partial charge in [0.1, 0.15) is 0 Å². The molecule has 4 saturated carbocycles. The minimum atomic E-state index is -4.25. The Morgan fingerprint density at radius 1 is 1.05 bits per heavy atom. The SMILES string of the molecule is O=C(OCCC(F)(F)F)C12CC3CC(CC(C3)C1)C2. The number of esters is 1. The molecule has 0 amide bonds. The number of hydrogen-bond donors (Lipinski definition) is 0. The maximum atomic E-state index is 12.2. The fourth-order valence-corrected chi connectivity index (χ4v) is 4.77. The molecule has 0 aromatic heterocycles. The van der Waals surface area contributed by atoms with E-state index in [4.69, 9.17) is 4.74 Å². The van der Waals surface area contributed by atoms with Crippen molar-refractivity contribution in [1.29, 1.82) is 0 Å². The second kappa shape index (κ2) is 4.38. The summed E-state index contributed by atoms with van der Waals surface area (Å²) >= 11 is 0. The predicted molar refractivity (Wildman–Crippen MR) is 62.2 cm³/mol. The van der Waals surface area contributed by atoms with Gasteiger partial charge in [0.2, 0.25) is 0 Å². The van der Waals surface area contributed by atoms with Crippen LogP contribution >= 0.6 is 0 Å². The van der Waals surface area contributed by atoms with Crippen molar-refractivity contribution in [2.24, 2.45) is 23.2 Å². The molecule has 5 heteroatoms. The van der Waals surface area contributed by atoms with Crippen LogP contribution in [-0.2, 0) is 9.53 Å². The highest BCUT2D eigenvalue weighted by Gasteiger charge is 2.55. The molecule has 0 heterocycles. The number of alkyl halides is 3. The van der Waals surface area contributed by atoms with Gasteiger partial charge in [0.15, 0.2) is 0 Å². The first-order valence-corrected chi connectivity index (χ1v) is 7.10. The van der Waals surface area contributed by atoms with Crippen LogP contribution in [0, 0.1) is 23.2 Å². The van der Waals surface area contributed by atoms with Crippen LogP contribution < -0.4 is 0 Å². The number of rotatable bonds is 3. The van der Waals surface area contributed by atoms with E-state index in [-0.39, 0.29) is 5.97 Å². The number of ether oxygens (including phenoxy) is 1. The molecule has 0 aliphatic heterocycles. The molecule has 0 saturated heterocycles. The van der Waals surface area contributed by atoms with E-state index in [9.17, 15) is 18.0 Å². The Labute approximate surface area is 110 Å². The average Bonchev–Trinajstić information content (AvgIpc) is 2.25. The van der Waals surface area contributed by atoms with Crippen molar-refractivity contribution in [2.45, 2.75) is 51.1 Å². The lowest BCUT2D eigenvalue weighted by molar-refractivity contribution is -0.179. The molecule has 2 nitrogen and oxygen atoms in total. The topological polar surface area (TPSA) is 26.3 Å². The second-order valence-corrected chi connectivity index (χ2v) is 6.70. The minimum Gasteiger partial charge on any atom is -0.465 e. The maximum Gasteiger partial charge on any atom is 0.392 e. The highest BCUT2D eigenvalue weighted by atomic mass is 19.4. The summed E-state index contributed by atoms with van der Waals surface area (Å²) in [6.45, 7) is -0.524. The van der Waals surface area contributed by atoms with Gasteiger partial charge in [-0.05, 0) is 56.3 Å². The highest BCUT2D eigenvalue weighted by Crippen LogP contribution is 2.60. The van der Waals surface area contributed by atoms with Crippen molar-refractivity contribution in [2.75, 3.05) is 6.61 Å². The molecule has 108 valence electrons. The third kappa shape index (κ3) is 2.61. The molecule has 4 aliphatic rings. The summed E-state index contributed by atoms with van der Waals surface area (Å²) in [5.41, 5.74) is -0.444. The quantitative estimate of drug-likeness (QED) is 0.735. The molecule has 0 N–H and O–H groups in total. The Morgan fingerprint density at radius 3 is 1.95 bits per heavy atom. The van der Waals surface area contributed by atoms with Crippen molar-refractivity contribution >= 4 is 5.97 Å². The van der Waals surface area contributed by atoms with Crippen molar-refractivity contribution in [1.82, 2.24) is 0 Å². The molecule has 4 bridgehead atoms. The summed E-state index contributed by atoms with van der Waals surface area (Å²) in [5, 5.41) is 0. The molecule has 0 unspecified atom stereocenters. The van der Waals surface area contributed by atoms with E-state index in [0.717, 1.165) is 19.3 Å². The Bertz CT molecular complexity index is 340. The lowest BCUT2D eigenvalue weighted by atomic mass is 9.49. The second-order valence-electron chi connectivity index (χ2n) is 6.70. The summed E-state index contributed by atoms with van der Waals surface area (Å²) in [5.74, 6) is 1.43. The van der Waals surface area contributed by atoms with Gasteiger partial charge in [-0.15, -0.1) is 0 Å². The summed E-state index contributed by atoms with van der Waals surface area (Å²) in [6, 6.07) is 0. The predicted octanol–water partition coefficient (Wildman–Crippen LogP) is 3.70. The Hall–Kier alpha value is -0.740. The lowest BCUT2D eigenvalue weighted by Gasteiger charge is -2.55. The summed E-state index contributed by atoms with van der Waals surface area (Å²) in [6.07, 6.45) is 0.837. The first kappa shape index (κ1) is 13.3. The van der Waals surface area contributed by atoms with Gasteiger partial charge >= 0.3 is 12.1 Å². The standard InChI is InChI=1S/C14H19F3O2/c15-14(16,17)1-2-19-12(18)13-6-9-3-10(7-13)5-11(4-9)8-13/h9-11H,1-8H2. The van der Waals surface area contributed by atoms with E-state index in [1.807, 2.05) is 0 Å². The first-order valence-electron chi connectivity index (χ1n) is 7.10. The van der Waals surface area contributed by atoms with Crippen molar-refractivity contribution in [3.8, 4) is 0 Å². The molecule has 4 rings (SSSR count). The molecule has 0 aromatic carbocycles. The molecule has 0 aromatic rings. The van der Waals surface area contributed by atoms with E-state index >= 15 is 0 Å². The third-order valence-corrected chi connectivity index (χ3v) is 5.09. The molecule has 0 radical (unpaired) electrons. The highest BCUT2D eigenvalue weighted by molar-refractivity contribution is 5.77. The number of halogens is 3. The van der Waals surface area contributed by atoms with Gasteiger partial charge in [0.25, 0.3) is 0 Å². The lowest BCUT2D eigenvalue weighted by Crippen LogP contribution is -2.50. The fourth-order valence-electron chi connectivity index (χ4n) is 4.77. The maximum absolute atomic E-state index is 12.2. The Balaban J connectivity index is 1.60. The van der Waals surface area contributed by atoms with Gasteiger partial charge in [-0.25, -0.2) is 0 Å². The van der Waals surface area contributed by atoms with Crippen LogP contribution in [0.2, 0.25) is 0 Å². The summed E-state index contributed by atoms with van der Waals surface area (Å²) in [4.78, 5) is 12.2. The Morgan fingerprint density at radius 2 is 1.53 bits per heavy atom. The number of carbonyl (C=O) groups excluding carboxylic acids is 1. The molecule has 4 aliphatic carbocycles. The van der Waals surface area contributed by atoms with E-state index in [2.05, 4.69) is 0 Å². The summed E-state index contributed by atoms with van der Waals surface area (Å²) in [7, 11) is 0. The van der Waals surface area contributed by atoms with Crippen molar-refractivity contribution in [3.63, 3.8) is 0 Å². The smallest absolute Gasteiger partial charge is 0.392 e. The van der Waals surface area contributed by atoms with Crippen LogP contribution in [-0.4, -0.2) is 18.8 Å². The molecular formula is C14H19F3O2. The van der Waals surface area contributed by atoms with Crippen LogP contribution in [0.3, 0.4) is 0 Å². The minimum absolute atomic E-state index is 0.365. The number of carbonyl (C=O) groups is 1. The fraction of sp³-hybridized carbons (Fsp3) is 0.929. The van der Waals surface area contributed by atoms with E-state index < -0.39 is 24.6 Å². The van der Waals surface area contributed by atoms with Gasteiger partial charge < -0.3 is 4.74 Å². The molecule has 19 heavy (non-hydrogen) atoms. The van der Waals surface area contributed by atoms with E-state index in [0.29, 0.717) is 17.8 Å². The van der Waals surface area contributed by atoms with Crippen molar-refractivity contribution < 1.29 is 22.7 Å². The van der Waals surface area contributed by atoms with E-state index in [1.54, 1.807) is 0 Å². The monoisotopic (exact) mass is 276 g/mol. The number of hydrogen-bond acceptors (Lipinski definition) is 2. The zero-order valence-electron chi connectivity index (χ0n) is 10.8. The van der Waals surface area contributed by atoms with Crippen LogP contribution in [0.25, 0.3) is 0 Å². The average molecular weight is 276 g/mol. The normalized spacial score (nSPS) is 40.5. The zero-order valence-corrected chi connectivity index (χ0v) is 10.8. The third-order valence-electron chi connectivity index (χ3n) is 5.09. The van der Waals surface area contributed by atoms with Crippen LogP contribution in [0.4, 0.5) is 13.2 Å². The van der Waals surface area contributed by atoms with Gasteiger partial charge in [-0.2, -0.15) is 13.2 Å². The molecule has 0 atom stereocenters. The van der Waals surface area contributed by atoms with Crippen LogP contribution in [0.15, 0.2) is 0 Å². The van der Waals surface area contributed by atoms with Gasteiger partial charge in [0.05, 0.1) is 18.4 Å². The molecular weight excluding hydrogens is 257 g/mol. The summed E-state index contributed by atoms with van der Waals surface area (Å²) < 4.78 is 41.2. The van der Waals surface area contributed by atoms with Crippen molar-refractivity contribution in [3.05, 3.63) is 0 Å². The first-order chi connectivity index (χ1) is 8.86. The zero-order chi connectivity index (χ0) is 13.7. The molecule has 0 spiro atoms. The molecule has 4 fully saturated rings. The van der Waals surface area contributed by atoms with Gasteiger partial charge in [0, 0.05) is 0 Å². The van der Waals surface area contributed by atoms with Crippen LogP contribution in [0.5, 0.6) is 0 Å².